The Balaban J connectivity index is 1.83. The molecule has 0 fully saturated rings. The molecule has 2 heterocycles. The zero-order valence-corrected chi connectivity index (χ0v) is 17.6. The molecule has 0 saturated carbocycles. The van der Waals surface area contributed by atoms with Gasteiger partial charge in [0.1, 0.15) is 11.5 Å². The van der Waals surface area contributed by atoms with Crippen LogP contribution in [0, 0.1) is 0 Å². The van der Waals surface area contributed by atoms with Gasteiger partial charge in [-0.05, 0) is 73.5 Å². The van der Waals surface area contributed by atoms with E-state index in [9.17, 15) is 9.59 Å². The Morgan fingerprint density at radius 2 is 0.967 bits per heavy atom. The van der Waals surface area contributed by atoms with E-state index in [-0.39, 0.29) is 11.8 Å². The summed E-state index contributed by atoms with van der Waals surface area (Å²) in [6, 6.07) is 14.9. The van der Waals surface area contributed by atoms with Crippen LogP contribution in [0.1, 0.15) is 25.0 Å². The predicted molar refractivity (Wildman–Crippen MR) is 115 cm³/mol. The Morgan fingerprint density at radius 1 is 0.633 bits per heavy atom. The number of benzene rings is 2. The number of hydrogen-bond acceptors (Lipinski definition) is 4. The van der Waals surface area contributed by atoms with Gasteiger partial charge in [0.05, 0.1) is 35.8 Å². The second kappa shape index (κ2) is 7.71. The van der Waals surface area contributed by atoms with Crippen molar-refractivity contribution in [1.82, 2.24) is 9.80 Å². The maximum Gasteiger partial charge on any atom is 0.261 e. The maximum atomic E-state index is 13.2. The summed E-state index contributed by atoms with van der Waals surface area (Å²) in [6.07, 6.45) is 0. The third-order valence-corrected chi connectivity index (χ3v) is 5.31. The number of carbonyl (C=O) groups is 2. The van der Waals surface area contributed by atoms with Crippen LogP contribution < -0.4 is 9.47 Å². The highest BCUT2D eigenvalue weighted by Crippen LogP contribution is 2.45. The Kier molecular flexibility index (Phi) is 5.08. The van der Waals surface area contributed by atoms with Gasteiger partial charge in [0, 0.05) is 14.1 Å². The lowest BCUT2D eigenvalue weighted by Crippen LogP contribution is -2.25. The van der Waals surface area contributed by atoms with Crippen molar-refractivity contribution >= 4 is 23.2 Å². The van der Waals surface area contributed by atoms with Crippen molar-refractivity contribution in [3.8, 4) is 11.5 Å². The predicted octanol–water partition coefficient (Wildman–Crippen LogP) is 3.55. The van der Waals surface area contributed by atoms with Gasteiger partial charge in [-0.1, -0.05) is 0 Å². The van der Waals surface area contributed by atoms with Crippen LogP contribution in [0.15, 0.2) is 59.7 Å². The van der Waals surface area contributed by atoms with Crippen molar-refractivity contribution in [1.29, 1.82) is 0 Å². The average Bonchev–Trinajstić information content (AvgIpc) is 3.15. The number of rotatable bonds is 6. The van der Waals surface area contributed by atoms with Gasteiger partial charge >= 0.3 is 0 Å². The van der Waals surface area contributed by atoms with Gasteiger partial charge in [-0.15, -0.1) is 0 Å². The normalized spacial score (nSPS) is 16.0. The van der Waals surface area contributed by atoms with Crippen molar-refractivity contribution in [2.75, 3.05) is 27.3 Å². The lowest BCUT2D eigenvalue weighted by Gasteiger charge is -2.20. The van der Waals surface area contributed by atoms with E-state index in [2.05, 4.69) is 0 Å². The zero-order chi connectivity index (χ0) is 21.4. The molecule has 30 heavy (non-hydrogen) atoms. The van der Waals surface area contributed by atoms with Gasteiger partial charge in [-0.2, -0.15) is 0 Å². The summed E-state index contributed by atoms with van der Waals surface area (Å²) in [5.41, 5.74) is 3.73. The first-order valence-electron chi connectivity index (χ1n) is 9.99. The summed E-state index contributed by atoms with van der Waals surface area (Å²) < 4.78 is 11.0. The molecular formula is C24H24N2O4. The molecule has 0 aromatic heterocycles. The fourth-order valence-electron chi connectivity index (χ4n) is 3.95. The van der Waals surface area contributed by atoms with E-state index < -0.39 is 0 Å². The maximum absolute atomic E-state index is 13.2. The van der Waals surface area contributed by atoms with Crippen LogP contribution in [0.2, 0.25) is 0 Å². The SMILES string of the molecule is CCOc1ccc(C2=C3C(=O)N(C)C(c4ccc(OCC)cc4)=C3C(=O)N2C)cc1. The fraction of sp³-hybridized carbons (Fsp3) is 0.250. The van der Waals surface area contributed by atoms with Gasteiger partial charge in [-0.25, -0.2) is 0 Å². The largest absolute Gasteiger partial charge is 0.494 e. The number of fused-ring (bicyclic) bond motifs is 1. The van der Waals surface area contributed by atoms with Crippen molar-refractivity contribution < 1.29 is 19.1 Å². The van der Waals surface area contributed by atoms with Gasteiger partial charge in [0.15, 0.2) is 0 Å². The van der Waals surface area contributed by atoms with Crippen molar-refractivity contribution in [2.24, 2.45) is 0 Å². The van der Waals surface area contributed by atoms with Gasteiger partial charge in [-0.3, -0.25) is 9.59 Å². The van der Waals surface area contributed by atoms with Gasteiger partial charge < -0.3 is 19.3 Å². The Morgan fingerprint density at radius 3 is 1.27 bits per heavy atom. The summed E-state index contributed by atoms with van der Waals surface area (Å²) in [6.45, 7) is 5.00. The van der Waals surface area contributed by atoms with Crippen molar-refractivity contribution in [2.45, 2.75) is 13.8 Å². The molecule has 2 amide bonds. The van der Waals surface area contributed by atoms with Crippen LogP contribution in [0.5, 0.6) is 11.5 Å². The van der Waals surface area contributed by atoms with Gasteiger partial charge in [0.2, 0.25) is 0 Å². The van der Waals surface area contributed by atoms with E-state index in [0.29, 0.717) is 35.8 Å². The van der Waals surface area contributed by atoms with Crippen LogP contribution in [0.3, 0.4) is 0 Å². The van der Waals surface area contributed by atoms with E-state index in [4.69, 9.17) is 9.47 Å². The molecule has 2 aliphatic heterocycles. The van der Waals surface area contributed by atoms with Crippen LogP contribution in [0.25, 0.3) is 11.4 Å². The number of amides is 2. The zero-order valence-electron chi connectivity index (χ0n) is 17.6. The molecule has 0 N–H and O–H groups in total. The summed E-state index contributed by atoms with van der Waals surface area (Å²) >= 11 is 0. The highest BCUT2D eigenvalue weighted by Gasteiger charge is 2.46. The molecule has 2 aromatic rings. The number of nitrogens with zero attached hydrogens (tertiary/aromatic N) is 2. The average molecular weight is 404 g/mol. The Bertz CT molecular complexity index is 978. The molecule has 0 radical (unpaired) electrons. The molecule has 0 spiro atoms. The smallest absolute Gasteiger partial charge is 0.261 e. The molecular weight excluding hydrogens is 380 g/mol. The quantitative estimate of drug-likeness (QED) is 0.739. The van der Waals surface area contributed by atoms with Gasteiger partial charge in [0.25, 0.3) is 11.8 Å². The molecule has 0 aliphatic carbocycles. The first-order chi connectivity index (χ1) is 14.5. The second-order valence-corrected chi connectivity index (χ2v) is 7.09. The van der Waals surface area contributed by atoms with E-state index >= 15 is 0 Å². The Labute approximate surface area is 176 Å². The van der Waals surface area contributed by atoms with E-state index in [1.165, 1.54) is 0 Å². The molecule has 6 heteroatoms. The third-order valence-electron chi connectivity index (χ3n) is 5.31. The molecule has 0 bridgehead atoms. The molecule has 0 saturated heterocycles. The van der Waals surface area contributed by atoms with E-state index in [1.807, 2.05) is 62.4 Å². The molecule has 0 atom stereocenters. The van der Waals surface area contributed by atoms with Crippen LogP contribution in [-0.4, -0.2) is 48.9 Å². The minimum Gasteiger partial charge on any atom is -0.494 e. The lowest BCUT2D eigenvalue weighted by molar-refractivity contribution is -0.123. The third kappa shape index (κ3) is 3.05. The lowest BCUT2D eigenvalue weighted by atomic mass is 10.0. The second-order valence-electron chi connectivity index (χ2n) is 7.09. The van der Waals surface area contributed by atoms with Crippen molar-refractivity contribution in [3.63, 3.8) is 0 Å². The van der Waals surface area contributed by atoms with Crippen LogP contribution in [-0.2, 0) is 9.59 Å². The van der Waals surface area contributed by atoms with Crippen LogP contribution >= 0.6 is 0 Å². The van der Waals surface area contributed by atoms with E-state index in [0.717, 1.165) is 22.6 Å². The molecule has 4 rings (SSSR count). The standard InChI is InChI=1S/C24H24N2O4/c1-5-29-17-11-7-15(8-12-17)21-19-20(24(28)25(21)3)22(26(4)23(19)27)16-9-13-18(14-10-16)30-6-2/h7-14H,5-6H2,1-4H3. The van der Waals surface area contributed by atoms with Crippen molar-refractivity contribution in [3.05, 3.63) is 70.8 Å². The van der Waals surface area contributed by atoms with Crippen LogP contribution in [0.4, 0.5) is 0 Å². The monoisotopic (exact) mass is 404 g/mol. The first-order valence-corrected chi connectivity index (χ1v) is 9.99. The topological polar surface area (TPSA) is 59.1 Å². The molecule has 2 aliphatic rings. The molecule has 6 nitrogen and oxygen atoms in total. The minimum absolute atomic E-state index is 0.185. The highest BCUT2D eigenvalue weighted by atomic mass is 16.5. The number of carbonyl (C=O) groups excluding carboxylic acids is 2. The molecule has 2 aromatic carbocycles. The highest BCUT2D eigenvalue weighted by molar-refractivity contribution is 6.30. The fourth-order valence-corrected chi connectivity index (χ4v) is 3.95. The molecule has 154 valence electrons. The number of ether oxygens (including phenoxy) is 2. The first kappa shape index (κ1) is 19.8. The minimum atomic E-state index is -0.185. The Hall–Kier alpha value is -3.54. The summed E-state index contributed by atoms with van der Waals surface area (Å²) in [4.78, 5) is 29.5. The number of likely N-dealkylation sites (N-methyl/N-ethyl adjacent to an activating group) is 2. The summed E-state index contributed by atoms with van der Waals surface area (Å²) in [5.74, 6) is 1.13. The summed E-state index contributed by atoms with van der Waals surface area (Å²) in [7, 11) is 3.41. The van der Waals surface area contributed by atoms with E-state index in [1.54, 1.807) is 23.9 Å². The molecule has 0 unspecified atom stereocenters. The summed E-state index contributed by atoms with van der Waals surface area (Å²) in [5, 5.41) is 0. The number of hydrogen-bond donors (Lipinski definition) is 0.